The van der Waals surface area contributed by atoms with Crippen LogP contribution in [0.25, 0.3) is 16.3 Å². The highest BCUT2D eigenvalue weighted by atomic mass is 16.2. The zero-order chi connectivity index (χ0) is 14.0. The van der Waals surface area contributed by atoms with Gasteiger partial charge in [0.15, 0.2) is 0 Å². The van der Waals surface area contributed by atoms with Gasteiger partial charge in [0.05, 0.1) is 16.9 Å². The summed E-state index contributed by atoms with van der Waals surface area (Å²) >= 11 is 0. The fourth-order valence-electron chi connectivity index (χ4n) is 2.72. The minimum Gasteiger partial charge on any atom is -0.321 e. The van der Waals surface area contributed by atoms with E-state index in [9.17, 15) is 14.4 Å². The number of amides is 2. The van der Waals surface area contributed by atoms with Crippen molar-refractivity contribution in [2.45, 2.75) is 0 Å². The predicted molar refractivity (Wildman–Crippen MR) is 74.6 cm³/mol. The fourth-order valence-corrected chi connectivity index (χ4v) is 2.72. The van der Waals surface area contributed by atoms with Gasteiger partial charge in [-0.1, -0.05) is 24.8 Å². The van der Waals surface area contributed by atoms with Crippen LogP contribution in [0.2, 0.25) is 0 Å². The third-order valence-corrected chi connectivity index (χ3v) is 3.73. The monoisotopic (exact) mass is 264 g/mol. The van der Waals surface area contributed by atoms with Crippen LogP contribution in [-0.4, -0.2) is 17.6 Å². The molecule has 0 unspecified atom stereocenters. The van der Waals surface area contributed by atoms with E-state index >= 15 is 0 Å². The molecular weight excluding hydrogens is 256 g/mol. The summed E-state index contributed by atoms with van der Waals surface area (Å²) in [6.07, 6.45) is 0. The summed E-state index contributed by atoms with van der Waals surface area (Å²) in [7, 11) is 0. The van der Waals surface area contributed by atoms with E-state index in [0.29, 0.717) is 22.5 Å². The van der Waals surface area contributed by atoms with Crippen LogP contribution < -0.4 is 10.6 Å². The van der Waals surface area contributed by atoms with E-state index in [2.05, 4.69) is 17.2 Å². The van der Waals surface area contributed by atoms with Gasteiger partial charge in [-0.25, -0.2) is 0 Å². The molecule has 5 nitrogen and oxygen atoms in total. The van der Waals surface area contributed by atoms with E-state index in [4.69, 9.17) is 0 Å². The Morgan fingerprint density at radius 3 is 2.00 bits per heavy atom. The van der Waals surface area contributed by atoms with Crippen molar-refractivity contribution in [2.75, 3.05) is 10.6 Å². The number of nitrogens with one attached hydrogen (secondary N) is 2. The molecule has 96 valence electrons. The number of hydrogen-bond donors (Lipinski definition) is 2. The first-order valence-electron chi connectivity index (χ1n) is 6.04. The molecule has 0 atom stereocenters. The molecule has 0 bridgehead atoms. The minimum atomic E-state index is -0.624. The van der Waals surface area contributed by atoms with Crippen molar-refractivity contribution >= 4 is 45.3 Å². The predicted octanol–water partition coefficient (Wildman–Crippen LogP) is 1.94. The van der Waals surface area contributed by atoms with E-state index in [1.54, 1.807) is 24.3 Å². The van der Waals surface area contributed by atoms with Crippen LogP contribution >= 0.6 is 0 Å². The number of Topliss-reactive ketones (excluding diaryl/α,β-unsaturated/α-hetero) is 1. The summed E-state index contributed by atoms with van der Waals surface area (Å²) in [5.41, 5.74) is 2.71. The molecule has 2 heterocycles. The number of fused-ring (bicyclic) bond motifs is 5. The lowest BCUT2D eigenvalue weighted by Gasteiger charge is -2.08. The van der Waals surface area contributed by atoms with Gasteiger partial charge >= 0.3 is 0 Å². The van der Waals surface area contributed by atoms with Crippen molar-refractivity contribution in [1.29, 1.82) is 0 Å². The first-order chi connectivity index (χ1) is 9.58. The highest BCUT2D eigenvalue weighted by Gasteiger charge is 2.31. The third-order valence-electron chi connectivity index (χ3n) is 3.73. The van der Waals surface area contributed by atoms with Crippen molar-refractivity contribution < 1.29 is 14.4 Å². The molecule has 0 spiro atoms. The molecule has 0 radical (unpaired) electrons. The van der Waals surface area contributed by atoms with E-state index in [1.807, 2.05) is 0 Å². The maximum atomic E-state index is 11.7. The third kappa shape index (κ3) is 1.14. The molecule has 2 N–H and O–H groups in total. The maximum absolute atomic E-state index is 11.7. The number of rotatable bonds is 0. The maximum Gasteiger partial charge on any atom is 0.296 e. The van der Waals surface area contributed by atoms with Crippen molar-refractivity contribution in [1.82, 2.24) is 0 Å². The first-order valence-corrected chi connectivity index (χ1v) is 6.04. The van der Waals surface area contributed by atoms with Crippen molar-refractivity contribution in [3.05, 3.63) is 42.0 Å². The Balaban J connectivity index is 2.08. The molecule has 2 aromatic rings. The van der Waals surface area contributed by atoms with Crippen LogP contribution in [0.3, 0.4) is 0 Å². The second-order valence-electron chi connectivity index (χ2n) is 4.79. The van der Waals surface area contributed by atoms with Crippen molar-refractivity contribution in [2.24, 2.45) is 0 Å². The molecule has 0 aromatic heterocycles. The lowest BCUT2D eigenvalue weighted by molar-refractivity contribution is -0.112. The molecule has 0 saturated heterocycles. The molecule has 2 amide bonds. The van der Waals surface area contributed by atoms with Crippen LogP contribution in [0.15, 0.2) is 30.8 Å². The van der Waals surface area contributed by atoms with Crippen LogP contribution in [-0.2, 0) is 9.59 Å². The summed E-state index contributed by atoms with van der Waals surface area (Å²) in [6, 6.07) is 6.90. The molecule has 2 aliphatic heterocycles. The molecule has 20 heavy (non-hydrogen) atoms. The van der Waals surface area contributed by atoms with Gasteiger partial charge in [-0.3, -0.25) is 14.4 Å². The van der Waals surface area contributed by atoms with E-state index in [0.717, 1.165) is 16.3 Å². The Kier molecular flexibility index (Phi) is 1.82. The first kappa shape index (κ1) is 10.9. The van der Waals surface area contributed by atoms with Gasteiger partial charge in [-0.15, -0.1) is 0 Å². The number of anilines is 2. The summed E-state index contributed by atoms with van der Waals surface area (Å²) in [5.74, 6) is -1.38. The van der Waals surface area contributed by atoms with Crippen LogP contribution in [0, 0.1) is 0 Å². The highest BCUT2D eigenvalue weighted by Crippen LogP contribution is 2.41. The summed E-state index contributed by atoms with van der Waals surface area (Å²) in [5, 5.41) is 6.86. The zero-order valence-electron chi connectivity index (χ0n) is 10.2. The van der Waals surface area contributed by atoms with E-state index in [1.165, 1.54) is 0 Å². The summed E-state index contributed by atoms with van der Waals surface area (Å²) < 4.78 is 0. The van der Waals surface area contributed by atoms with Gasteiger partial charge in [0.1, 0.15) is 0 Å². The SMILES string of the molecule is C=C1C(=O)Nc2c1ccc1c3c(ccc21)C(=O)C(=O)N3. The fraction of sp³-hybridized carbons (Fsp3) is 0. The molecule has 0 fully saturated rings. The van der Waals surface area contributed by atoms with Gasteiger partial charge in [0, 0.05) is 21.9 Å². The zero-order valence-corrected chi connectivity index (χ0v) is 10.2. The Morgan fingerprint density at radius 2 is 1.30 bits per heavy atom. The second-order valence-corrected chi connectivity index (χ2v) is 4.79. The average molecular weight is 264 g/mol. The van der Waals surface area contributed by atoms with Gasteiger partial charge in [0.25, 0.3) is 17.6 Å². The smallest absolute Gasteiger partial charge is 0.296 e. The van der Waals surface area contributed by atoms with Crippen molar-refractivity contribution in [3.8, 4) is 0 Å². The normalized spacial score (nSPS) is 16.2. The summed E-state index contributed by atoms with van der Waals surface area (Å²) in [6.45, 7) is 3.74. The number of benzene rings is 2. The Hall–Kier alpha value is -2.95. The van der Waals surface area contributed by atoms with Gasteiger partial charge in [0.2, 0.25) is 0 Å². The van der Waals surface area contributed by atoms with Gasteiger partial charge in [-0.05, 0) is 6.07 Å². The number of hydrogen-bond acceptors (Lipinski definition) is 3. The molecular formula is C15H8N2O3. The Labute approximate surface area is 113 Å². The van der Waals surface area contributed by atoms with Crippen LogP contribution in [0.5, 0.6) is 0 Å². The second kappa shape index (κ2) is 3.33. The quantitative estimate of drug-likeness (QED) is 0.564. The number of ketones is 1. The van der Waals surface area contributed by atoms with E-state index < -0.39 is 11.7 Å². The molecule has 2 aromatic carbocycles. The minimum absolute atomic E-state index is 0.229. The van der Waals surface area contributed by atoms with Crippen LogP contribution in [0.1, 0.15) is 15.9 Å². The van der Waals surface area contributed by atoms with Crippen molar-refractivity contribution in [3.63, 3.8) is 0 Å². The molecule has 5 heteroatoms. The van der Waals surface area contributed by atoms with Gasteiger partial charge < -0.3 is 10.6 Å². The lowest BCUT2D eigenvalue weighted by Crippen LogP contribution is -2.12. The molecule has 0 aliphatic carbocycles. The topological polar surface area (TPSA) is 75.3 Å². The Bertz CT molecular complexity index is 807. The Morgan fingerprint density at radius 1 is 0.750 bits per heavy atom. The standard InChI is InChI=1S/C15H8N2O3/c1-6-7-2-3-9-8(11(7)16-14(6)19)4-5-10-12(9)17-15(20)13(10)18/h2-5H,1H2,(H,16,19)(H,17,18,20). The summed E-state index contributed by atoms with van der Waals surface area (Å²) in [4.78, 5) is 34.8. The lowest BCUT2D eigenvalue weighted by atomic mass is 9.99. The highest BCUT2D eigenvalue weighted by molar-refractivity contribution is 6.53. The molecule has 4 rings (SSSR count). The molecule has 2 aliphatic rings. The van der Waals surface area contributed by atoms with Crippen LogP contribution in [0.4, 0.5) is 11.4 Å². The molecule has 0 saturated carbocycles. The average Bonchev–Trinajstić information content (AvgIpc) is 2.89. The number of carbonyl (C=O) groups excluding carboxylic acids is 3. The van der Waals surface area contributed by atoms with E-state index in [-0.39, 0.29) is 5.91 Å². The number of carbonyl (C=O) groups is 3. The van der Waals surface area contributed by atoms with Gasteiger partial charge in [-0.2, -0.15) is 0 Å². The largest absolute Gasteiger partial charge is 0.321 e.